The molecule has 0 aromatic heterocycles. The summed E-state index contributed by atoms with van der Waals surface area (Å²) in [5, 5.41) is 2.55. The fourth-order valence-corrected chi connectivity index (χ4v) is 5.33. The molecule has 2 amide bonds. The van der Waals surface area contributed by atoms with Crippen molar-refractivity contribution in [3.63, 3.8) is 0 Å². The summed E-state index contributed by atoms with van der Waals surface area (Å²) in [4.78, 5) is 45.2. The highest BCUT2D eigenvalue weighted by molar-refractivity contribution is 8.15. The lowest BCUT2D eigenvalue weighted by Gasteiger charge is -2.32. The van der Waals surface area contributed by atoms with Crippen LogP contribution in [0.3, 0.4) is 0 Å². The van der Waals surface area contributed by atoms with E-state index in [1.54, 1.807) is 86.7 Å². The Kier molecular flexibility index (Phi) is 11.0. The number of anilines is 1. The minimum Gasteiger partial charge on any atom is -0.494 e. The van der Waals surface area contributed by atoms with Gasteiger partial charge >= 0.3 is 5.97 Å². The van der Waals surface area contributed by atoms with Crippen LogP contribution in [0.25, 0.3) is 0 Å². The summed E-state index contributed by atoms with van der Waals surface area (Å²) in [7, 11) is 3.10. The molecule has 43 heavy (non-hydrogen) atoms. The van der Waals surface area contributed by atoms with Crippen LogP contribution in [0.15, 0.2) is 71.7 Å². The molecule has 1 aliphatic heterocycles. The highest BCUT2D eigenvalue weighted by Gasteiger charge is 2.36. The van der Waals surface area contributed by atoms with E-state index in [1.807, 2.05) is 13.0 Å². The van der Waals surface area contributed by atoms with Gasteiger partial charge in [0.25, 0.3) is 0 Å². The Labute approximate surface area is 255 Å². The molecule has 0 saturated carbocycles. The van der Waals surface area contributed by atoms with Gasteiger partial charge in [-0.1, -0.05) is 24.8 Å². The minimum atomic E-state index is -0.706. The van der Waals surface area contributed by atoms with E-state index in [2.05, 4.69) is 5.32 Å². The first kappa shape index (κ1) is 31.4. The van der Waals surface area contributed by atoms with Crippen molar-refractivity contribution < 1.29 is 33.3 Å². The fraction of sp³-hybridized carbons (Fsp3) is 0.312. The first-order valence-electron chi connectivity index (χ1n) is 13.9. The van der Waals surface area contributed by atoms with Crippen LogP contribution in [0.5, 0.6) is 17.2 Å². The number of carbonyl (C=O) groups is 3. The van der Waals surface area contributed by atoms with Gasteiger partial charge < -0.3 is 24.3 Å². The van der Waals surface area contributed by atoms with E-state index in [4.69, 9.17) is 23.9 Å². The number of benzene rings is 3. The maximum Gasteiger partial charge on any atom is 0.338 e. The van der Waals surface area contributed by atoms with E-state index >= 15 is 0 Å². The molecule has 1 saturated heterocycles. The summed E-state index contributed by atoms with van der Waals surface area (Å²) in [6, 6.07) is 19.1. The van der Waals surface area contributed by atoms with Gasteiger partial charge in [-0.2, -0.15) is 0 Å². The highest BCUT2D eigenvalue weighted by atomic mass is 32.2. The van der Waals surface area contributed by atoms with Crippen LogP contribution in [0.4, 0.5) is 11.4 Å². The number of nitrogens with zero attached hydrogens (tertiary/aromatic N) is 2. The second-order valence-corrected chi connectivity index (χ2v) is 10.7. The summed E-state index contributed by atoms with van der Waals surface area (Å²) >= 11 is 1.21. The van der Waals surface area contributed by atoms with E-state index in [1.165, 1.54) is 11.8 Å². The van der Waals surface area contributed by atoms with Crippen LogP contribution in [0, 0.1) is 0 Å². The van der Waals surface area contributed by atoms with Crippen molar-refractivity contribution in [1.29, 1.82) is 0 Å². The van der Waals surface area contributed by atoms with Crippen LogP contribution in [0.1, 0.15) is 42.6 Å². The van der Waals surface area contributed by atoms with Crippen LogP contribution < -0.4 is 19.5 Å². The van der Waals surface area contributed by atoms with Crippen LogP contribution in [-0.2, 0) is 20.9 Å². The van der Waals surface area contributed by atoms with Crippen LogP contribution in [0.2, 0.25) is 0 Å². The Morgan fingerprint density at radius 2 is 1.70 bits per heavy atom. The summed E-state index contributed by atoms with van der Waals surface area (Å²) in [6.07, 6.45) is 0.885. The maximum atomic E-state index is 13.5. The molecule has 0 aliphatic carbocycles. The zero-order valence-electron chi connectivity index (χ0n) is 24.6. The molecule has 3 aromatic rings. The Hall–Kier alpha value is -4.51. The monoisotopic (exact) mass is 605 g/mol. The number of thioether (sulfide) groups is 1. The predicted molar refractivity (Wildman–Crippen MR) is 166 cm³/mol. The zero-order chi connectivity index (χ0) is 30.8. The second-order valence-electron chi connectivity index (χ2n) is 9.50. The van der Waals surface area contributed by atoms with Crippen molar-refractivity contribution in [2.45, 2.75) is 38.5 Å². The SMILES string of the molecule is CCCOc1ccc(NC(=O)C2CC(=O)N(Cc3ccc(OC)c(OC)c3)C(=Nc3ccc(C(=O)OCC)cc3)S2)cc1. The molecule has 1 atom stereocenters. The lowest BCUT2D eigenvalue weighted by molar-refractivity contribution is -0.129. The Morgan fingerprint density at radius 3 is 2.35 bits per heavy atom. The topological polar surface area (TPSA) is 116 Å². The maximum absolute atomic E-state index is 13.5. The number of aliphatic imine (C=N–C) groups is 1. The zero-order valence-corrected chi connectivity index (χ0v) is 25.4. The summed E-state index contributed by atoms with van der Waals surface area (Å²) in [5.74, 6) is 0.837. The van der Waals surface area contributed by atoms with E-state index < -0.39 is 11.2 Å². The minimum absolute atomic E-state index is 0.0116. The largest absolute Gasteiger partial charge is 0.494 e. The van der Waals surface area contributed by atoms with Crippen molar-refractivity contribution in [1.82, 2.24) is 4.90 Å². The molecule has 1 unspecified atom stereocenters. The van der Waals surface area contributed by atoms with Crippen molar-refractivity contribution >= 4 is 46.1 Å². The van der Waals surface area contributed by atoms with Crippen molar-refractivity contribution in [3.8, 4) is 17.2 Å². The molecule has 1 heterocycles. The fourth-order valence-electron chi connectivity index (χ4n) is 4.23. The third-order valence-corrected chi connectivity index (χ3v) is 7.61. The standard InChI is InChI=1S/C32H35N3O7S/c1-5-17-42-25-14-12-23(13-15-25)33-30(37)28-19-29(36)35(20-21-7-16-26(39-3)27(18-21)40-4)32(43-28)34-24-10-8-22(9-11-24)31(38)41-6-2/h7-16,18,28H,5-6,17,19-20H2,1-4H3,(H,33,37). The molecule has 0 bridgehead atoms. The first-order valence-corrected chi connectivity index (χ1v) is 14.8. The molecule has 1 aliphatic rings. The van der Waals surface area contributed by atoms with Gasteiger partial charge in [-0.3, -0.25) is 14.5 Å². The number of amidine groups is 1. The number of methoxy groups -OCH3 is 2. The molecule has 0 spiro atoms. The van der Waals surface area contributed by atoms with Gasteiger partial charge in [0.2, 0.25) is 11.8 Å². The lowest BCUT2D eigenvalue weighted by atomic mass is 10.1. The number of esters is 1. The highest BCUT2D eigenvalue weighted by Crippen LogP contribution is 2.33. The van der Waals surface area contributed by atoms with Crippen molar-refractivity contribution in [2.75, 3.05) is 32.8 Å². The number of carbonyl (C=O) groups excluding carboxylic acids is 3. The number of hydrogen-bond acceptors (Lipinski definition) is 9. The van der Waals surface area contributed by atoms with Gasteiger partial charge in [0.1, 0.15) is 11.0 Å². The molecule has 1 N–H and O–H groups in total. The third-order valence-electron chi connectivity index (χ3n) is 6.42. The van der Waals surface area contributed by atoms with Gasteiger partial charge in [0.15, 0.2) is 16.7 Å². The molecule has 4 rings (SSSR count). The van der Waals surface area contributed by atoms with E-state index in [-0.39, 0.29) is 31.4 Å². The van der Waals surface area contributed by atoms with Crippen molar-refractivity contribution in [2.24, 2.45) is 4.99 Å². The predicted octanol–water partition coefficient (Wildman–Crippen LogP) is 5.83. The molecule has 10 nitrogen and oxygen atoms in total. The number of amides is 2. The molecule has 11 heteroatoms. The van der Waals surface area contributed by atoms with Gasteiger partial charge in [-0.15, -0.1) is 0 Å². The average Bonchev–Trinajstić information content (AvgIpc) is 3.02. The molecular formula is C32H35N3O7S. The van der Waals surface area contributed by atoms with Crippen molar-refractivity contribution in [3.05, 3.63) is 77.9 Å². The number of nitrogens with one attached hydrogen (secondary N) is 1. The third kappa shape index (κ3) is 8.29. The molecule has 1 fully saturated rings. The smallest absolute Gasteiger partial charge is 0.338 e. The van der Waals surface area contributed by atoms with E-state index in [9.17, 15) is 14.4 Å². The van der Waals surface area contributed by atoms with Gasteiger partial charge in [-0.25, -0.2) is 9.79 Å². The second kappa shape index (κ2) is 15.1. The Balaban J connectivity index is 1.58. The number of hydrogen-bond donors (Lipinski definition) is 1. The molecule has 226 valence electrons. The normalized spacial score (nSPS) is 15.6. The van der Waals surface area contributed by atoms with Gasteiger partial charge in [0, 0.05) is 12.1 Å². The summed E-state index contributed by atoms with van der Waals surface area (Å²) < 4.78 is 21.4. The molecule has 3 aromatic carbocycles. The van der Waals surface area contributed by atoms with Crippen LogP contribution >= 0.6 is 11.8 Å². The average molecular weight is 606 g/mol. The quantitative estimate of drug-likeness (QED) is 0.257. The lowest BCUT2D eigenvalue weighted by Crippen LogP contribution is -2.44. The first-order chi connectivity index (χ1) is 20.8. The Bertz CT molecular complexity index is 1460. The summed E-state index contributed by atoms with van der Waals surface area (Å²) in [5.41, 5.74) is 2.31. The van der Waals surface area contributed by atoms with E-state index in [0.29, 0.717) is 40.2 Å². The Morgan fingerprint density at radius 1 is 0.977 bits per heavy atom. The van der Waals surface area contributed by atoms with Gasteiger partial charge in [-0.05, 0) is 79.6 Å². The van der Waals surface area contributed by atoms with E-state index in [0.717, 1.165) is 17.7 Å². The van der Waals surface area contributed by atoms with Gasteiger partial charge in [0.05, 0.1) is 45.2 Å². The van der Waals surface area contributed by atoms with Crippen LogP contribution in [-0.4, -0.2) is 60.5 Å². The molecule has 0 radical (unpaired) electrons. The number of ether oxygens (including phenoxy) is 4. The summed E-state index contributed by atoms with van der Waals surface area (Å²) in [6.45, 7) is 4.86. The number of rotatable bonds is 12. The molecular weight excluding hydrogens is 570 g/mol.